The number of likely N-dealkylation sites (N-methyl/N-ethyl adjacent to an activating group) is 1. The Balaban J connectivity index is 3.03. The van der Waals surface area contributed by atoms with Gasteiger partial charge in [0.2, 0.25) is 0 Å². The summed E-state index contributed by atoms with van der Waals surface area (Å²) in [5.41, 5.74) is 4.68. The van der Waals surface area contributed by atoms with E-state index in [0.717, 1.165) is 0 Å². The molecule has 0 aromatic heterocycles. The molecule has 0 fully saturated rings. The number of carbonyl (C=O) groups excluding carboxylic acids is 1. The van der Waals surface area contributed by atoms with Crippen molar-refractivity contribution < 1.29 is 14.3 Å². The first-order valence-electron chi connectivity index (χ1n) is 6.21. The molecule has 0 aliphatic rings. The highest BCUT2D eigenvalue weighted by Gasteiger charge is 2.22. The Kier molecular flexibility index (Phi) is 5.26. The van der Waals surface area contributed by atoms with Crippen LogP contribution in [-0.2, 0) is 0 Å². The number of hydrogen-bond donors (Lipinski definition) is 2. The minimum absolute atomic E-state index is 0.0689. The van der Waals surface area contributed by atoms with Crippen LogP contribution in [0.1, 0.15) is 29.8 Å². The van der Waals surface area contributed by atoms with Crippen LogP contribution >= 0.6 is 0 Å². The average molecular weight is 278 g/mol. The van der Waals surface area contributed by atoms with Gasteiger partial charge in [0.15, 0.2) is 0 Å². The molecule has 108 valence electrons. The van der Waals surface area contributed by atoms with Crippen LogP contribution in [0, 0.1) is 17.7 Å². The fourth-order valence-corrected chi connectivity index (χ4v) is 1.78. The molecule has 0 saturated heterocycles. The van der Waals surface area contributed by atoms with Crippen LogP contribution in [0.2, 0.25) is 0 Å². The molecule has 1 aromatic carbocycles. The summed E-state index contributed by atoms with van der Waals surface area (Å²) >= 11 is 0. The molecule has 5 heteroatoms. The molecule has 0 radical (unpaired) electrons. The van der Waals surface area contributed by atoms with E-state index in [9.17, 15) is 14.3 Å². The van der Waals surface area contributed by atoms with Gasteiger partial charge >= 0.3 is 0 Å². The Labute approximate surface area is 118 Å². The van der Waals surface area contributed by atoms with Gasteiger partial charge in [-0.3, -0.25) is 4.79 Å². The smallest absolute Gasteiger partial charge is 0.256 e. The minimum Gasteiger partial charge on any atom is -0.389 e. The Bertz CT molecular complexity index is 553. The SMILES string of the molecule is CN(CC(C)(C)O)C(=O)c1cc(C#CCN)ccc1F. The Morgan fingerprint density at radius 2 is 2.15 bits per heavy atom. The van der Waals surface area contributed by atoms with Gasteiger partial charge in [0.05, 0.1) is 17.7 Å². The lowest BCUT2D eigenvalue weighted by atomic mass is 10.1. The van der Waals surface area contributed by atoms with E-state index < -0.39 is 17.3 Å². The molecule has 0 aliphatic carbocycles. The second kappa shape index (κ2) is 6.51. The van der Waals surface area contributed by atoms with Crippen molar-refractivity contribution in [3.63, 3.8) is 0 Å². The van der Waals surface area contributed by atoms with Crippen molar-refractivity contribution in [1.29, 1.82) is 0 Å². The lowest BCUT2D eigenvalue weighted by Gasteiger charge is -2.25. The first kappa shape index (κ1) is 16.2. The van der Waals surface area contributed by atoms with E-state index in [1.807, 2.05) is 0 Å². The van der Waals surface area contributed by atoms with Gasteiger partial charge in [-0.25, -0.2) is 4.39 Å². The molecule has 0 aliphatic heterocycles. The first-order valence-corrected chi connectivity index (χ1v) is 6.21. The van der Waals surface area contributed by atoms with Crippen LogP contribution < -0.4 is 5.73 Å². The zero-order chi connectivity index (χ0) is 15.3. The van der Waals surface area contributed by atoms with Crippen molar-refractivity contribution >= 4 is 5.91 Å². The molecule has 0 heterocycles. The molecule has 1 aromatic rings. The monoisotopic (exact) mass is 278 g/mol. The molecule has 0 atom stereocenters. The molecular weight excluding hydrogens is 259 g/mol. The van der Waals surface area contributed by atoms with Gasteiger partial charge in [-0.15, -0.1) is 0 Å². The number of rotatable bonds is 3. The van der Waals surface area contributed by atoms with Crippen molar-refractivity contribution in [2.24, 2.45) is 5.73 Å². The highest BCUT2D eigenvalue weighted by atomic mass is 19.1. The van der Waals surface area contributed by atoms with Crippen LogP contribution in [0.5, 0.6) is 0 Å². The molecule has 1 rings (SSSR count). The summed E-state index contributed by atoms with van der Waals surface area (Å²) in [5.74, 6) is 4.29. The largest absolute Gasteiger partial charge is 0.389 e. The number of benzene rings is 1. The van der Waals surface area contributed by atoms with Crippen molar-refractivity contribution in [3.05, 3.63) is 35.1 Å². The van der Waals surface area contributed by atoms with Crippen molar-refractivity contribution in [1.82, 2.24) is 4.90 Å². The molecular formula is C15H19FN2O2. The topological polar surface area (TPSA) is 66.6 Å². The normalized spacial score (nSPS) is 10.7. The zero-order valence-electron chi connectivity index (χ0n) is 11.9. The molecule has 3 N–H and O–H groups in total. The Hall–Kier alpha value is -1.90. The van der Waals surface area contributed by atoms with Gasteiger partial charge in [-0.1, -0.05) is 11.8 Å². The molecule has 1 amide bonds. The summed E-state index contributed by atoms with van der Waals surface area (Å²) in [6.07, 6.45) is 0. The first-order chi connectivity index (χ1) is 9.24. The third-order valence-electron chi connectivity index (χ3n) is 2.50. The zero-order valence-corrected chi connectivity index (χ0v) is 11.9. The van der Waals surface area contributed by atoms with E-state index in [1.54, 1.807) is 13.8 Å². The van der Waals surface area contributed by atoms with E-state index in [2.05, 4.69) is 11.8 Å². The molecule has 0 unspecified atom stereocenters. The fraction of sp³-hybridized carbons (Fsp3) is 0.400. The number of hydrogen-bond acceptors (Lipinski definition) is 3. The second-order valence-electron chi connectivity index (χ2n) is 5.17. The summed E-state index contributed by atoms with van der Waals surface area (Å²) in [6.45, 7) is 3.45. The van der Waals surface area contributed by atoms with Gasteiger partial charge in [0, 0.05) is 19.2 Å². The Morgan fingerprint density at radius 1 is 1.50 bits per heavy atom. The van der Waals surface area contributed by atoms with E-state index >= 15 is 0 Å². The quantitative estimate of drug-likeness (QED) is 0.810. The van der Waals surface area contributed by atoms with Gasteiger partial charge in [-0.2, -0.15) is 0 Å². The van der Waals surface area contributed by atoms with E-state index in [4.69, 9.17) is 5.73 Å². The fourth-order valence-electron chi connectivity index (χ4n) is 1.78. The maximum Gasteiger partial charge on any atom is 0.256 e. The van der Waals surface area contributed by atoms with E-state index in [-0.39, 0.29) is 18.7 Å². The Morgan fingerprint density at radius 3 is 2.70 bits per heavy atom. The molecule has 0 bridgehead atoms. The summed E-state index contributed by atoms with van der Waals surface area (Å²) in [5, 5.41) is 9.70. The highest BCUT2D eigenvalue weighted by Crippen LogP contribution is 2.14. The number of amides is 1. The van der Waals surface area contributed by atoms with Crippen LogP contribution in [-0.4, -0.2) is 41.7 Å². The predicted octanol–water partition coefficient (Wildman–Crippen LogP) is 0.979. The van der Waals surface area contributed by atoms with Crippen LogP contribution in [0.3, 0.4) is 0 Å². The highest BCUT2D eigenvalue weighted by molar-refractivity contribution is 5.94. The number of nitrogens with two attached hydrogens (primary N) is 1. The molecule has 0 spiro atoms. The molecule has 0 saturated carbocycles. The maximum absolute atomic E-state index is 13.8. The maximum atomic E-state index is 13.8. The predicted molar refractivity (Wildman–Crippen MR) is 75.6 cm³/mol. The number of aliphatic hydroxyl groups is 1. The number of halogens is 1. The van der Waals surface area contributed by atoms with Gasteiger partial charge in [0.25, 0.3) is 5.91 Å². The van der Waals surface area contributed by atoms with Crippen LogP contribution in [0.4, 0.5) is 4.39 Å². The number of carbonyl (C=O) groups is 1. The molecule has 20 heavy (non-hydrogen) atoms. The molecule has 4 nitrogen and oxygen atoms in total. The van der Waals surface area contributed by atoms with Gasteiger partial charge in [0.1, 0.15) is 5.82 Å². The third kappa shape index (κ3) is 4.65. The van der Waals surface area contributed by atoms with Crippen LogP contribution in [0.15, 0.2) is 18.2 Å². The van der Waals surface area contributed by atoms with Crippen LogP contribution in [0.25, 0.3) is 0 Å². The van der Waals surface area contributed by atoms with Crippen molar-refractivity contribution in [2.45, 2.75) is 19.4 Å². The summed E-state index contributed by atoms with van der Waals surface area (Å²) in [4.78, 5) is 13.4. The van der Waals surface area contributed by atoms with E-state index in [0.29, 0.717) is 5.56 Å². The summed E-state index contributed by atoms with van der Waals surface area (Å²) in [6, 6.07) is 4.08. The van der Waals surface area contributed by atoms with Crippen molar-refractivity contribution in [3.8, 4) is 11.8 Å². The lowest BCUT2D eigenvalue weighted by molar-refractivity contribution is 0.0365. The summed E-state index contributed by atoms with van der Waals surface area (Å²) < 4.78 is 13.8. The average Bonchev–Trinajstić information content (AvgIpc) is 2.35. The lowest BCUT2D eigenvalue weighted by Crippen LogP contribution is -2.40. The van der Waals surface area contributed by atoms with Gasteiger partial charge in [-0.05, 0) is 32.0 Å². The summed E-state index contributed by atoms with van der Waals surface area (Å²) in [7, 11) is 1.51. The number of nitrogens with zero attached hydrogens (tertiary/aromatic N) is 1. The van der Waals surface area contributed by atoms with E-state index in [1.165, 1.54) is 30.1 Å². The van der Waals surface area contributed by atoms with Gasteiger partial charge < -0.3 is 15.7 Å². The third-order valence-corrected chi connectivity index (χ3v) is 2.50. The van der Waals surface area contributed by atoms with Crippen molar-refractivity contribution in [2.75, 3.05) is 20.1 Å². The second-order valence-corrected chi connectivity index (χ2v) is 5.17. The standard InChI is InChI=1S/C15H19FN2O2/c1-15(2,20)10-18(3)14(19)12-9-11(5-4-8-17)6-7-13(12)16/h6-7,9,20H,8,10,17H2,1-3H3. The minimum atomic E-state index is -1.04.